The summed E-state index contributed by atoms with van der Waals surface area (Å²) in [5.74, 6) is 0.182. The van der Waals surface area contributed by atoms with Gasteiger partial charge in [-0.05, 0) is 41.7 Å². The number of urea groups is 1. The number of aliphatic imine (C=N–C) groups is 1. The first-order chi connectivity index (χ1) is 13.8. The van der Waals surface area contributed by atoms with Gasteiger partial charge in [0.1, 0.15) is 6.54 Å². The Balaban J connectivity index is 1.75. The fourth-order valence-electron chi connectivity index (χ4n) is 3.31. The number of carbonyl (C=O) groups is 2. The third-order valence-corrected chi connectivity index (χ3v) is 6.26. The van der Waals surface area contributed by atoms with Gasteiger partial charge in [-0.25, -0.2) is 9.37 Å². The summed E-state index contributed by atoms with van der Waals surface area (Å²) < 4.78 is 1.95. The molecule has 2 aliphatic heterocycles. The number of aryl methyl sites for hydroxylation is 1. The summed E-state index contributed by atoms with van der Waals surface area (Å²) in [6.07, 6.45) is 0. The zero-order valence-electron chi connectivity index (χ0n) is 16.3. The lowest BCUT2D eigenvalue weighted by atomic mass is 10.1. The number of carbonyl (C=O) groups excluding carboxylic acids is 2. The van der Waals surface area contributed by atoms with Crippen LogP contribution in [0.15, 0.2) is 58.4 Å². The Labute approximate surface area is 178 Å². The molecular formula is C21H20ClN4O2S+. The second-order valence-corrected chi connectivity index (χ2v) is 8.54. The lowest BCUT2D eigenvalue weighted by Crippen LogP contribution is -2.61. The van der Waals surface area contributed by atoms with Crippen LogP contribution in [-0.4, -0.2) is 57.5 Å². The number of hydrogen-bond donors (Lipinski definition) is 0. The standard InChI is InChI=1S/C21H20ClN4O2S/c1-13-4-10-16(11-5-13)29-20-23-18-17(19(27)25(3)21(28)24(18)2)26(20)12-14-6-8-15(22)9-7-14/h4-11,17H,12H2,1-3H3/q+1. The van der Waals surface area contributed by atoms with Crippen molar-refractivity contribution < 1.29 is 14.2 Å². The van der Waals surface area contributed by atoms with Crippen molar-refractivity contribution in [3.8, 4) is 0 Å². The van der Waals surface area contributed by atoms with Gasteiger partial charge in [0.05, 0.1) is 0 Å². The van der Waals surface area contributed by atoms with E-state index < -0.39 is 6.04 Å². The minimum absolute atomic E-state index is 0.277. The number of amides is 3. The summed E-state index contributed by atoms with van der Waals surface area (Å²) >= 11 is 7.50. The fourth-order valence-corrected chi connectivity index (χ4v) is 4.35. The SMILES string of the molecule is Cc1ccc(SC2=[N+](Cc3ccc(Cl)cc3)C3C(=O)N(C)C(=O)N(C)C3=N2)cc1. The molecule has 0 aliphatic carbocycles. The largest absolute Gasteiger partial charge is 0.363 e. The Morgan fingerprint density at radius 2 is 1.69 bits per heavy atom. The van der Waals surface area contributed by atoms with Gasteiger partial charge < -0.3 is 0 Å². The lowest BCUT2D eigenvalue weighted by Gasteiger charge is -2.30. The van der Waals surface area contributed by atoms with E-state index >= 15 is 0 Å². The Morgan fingerprint density at radius 1 is 1.03 bits per heavy atom. The maximum Gasteiger partial charge on any atom is 0.363 e. The van der Waals surface area contributed by atoms with E-state index in [1.54, 1.807) is 7.05 Å². The molecule has 2 aliphatic rings. The number of rotatable bonds is 3. The molecule has 1 unspecified atom stereocenters. The summed E-state index contributed by atoms with van der Waals surface area (Å²) in [5.41, 5.74) is 2.17. The Hall–Kier alpha value is -2.64. The molecule has 0 saturated carbocycles. The highest BCUT2D eigenvalue weighted by molar-refractivity contribution is 8.13. The summed E-state index contributed by atoms with van der Waals surface area (Å²) in [5, 5.41) is 1.34. The average molecular weight is 428 g/mol. The van der Waals surface area contributed by atoms with Gasteiger partial charge in [0.2, 0.25) is 0 Å². The third kappa shape index (κ3) is 3.68. The third-order valence-electron chi connectivity index (χ3n) is 4.99. The normalized spacial score (nSPS) is 19.0. The van der Waals surface area contributed by atoms with Crippen molar-refractivity contribution in [1.29, 1.82) is 0 Å². The smallest absolute Gasteiger partial charge is 0.269 e. The van der Waals surface area contributed by atoms with Gasteiger partial charge in [-0.1, -0.05) is 41.4 Å². The maximum atomic E-state index is 13.0. The van der Waals surface area contributed by atoms with Gasteiger partial charge in [0.25, 0.3) is 17.8 Å². The molecule has 29 heavy (non-hydrogen) atoms. The van der Waals surface area contributed by atoms with Gasteiger partial charge in [-0.2, -0.15) is 0 Å². The molecular weight excluding hydrogens is 408 g/mol. The zero-order valence-corrected chi connectivity index (χ0v) is 17.9. The van der Waals surface area contributed by atoms with E-state index in [9.17, 15) is 9.59 Å². The number of thioether (sulfide) groups is 1. The van der Waals surface area contributed by atoms with Gasteiger partial charge in [0, 0.05) is 35.8 Å². The molecule has 1 atom stereocenters. The molecule has 6 nitrogen and oxygen atoms in total. The van der Waals surface area contributed by atoms with Crippen molar-refractivity contribution in [1.82, 2.24) is 9.80 Å². The van der Waals surface area contributed by atoms with E-state index in [1.165, 1.54) is 29.3 Å². The number of likely N-dealkylation sites (N-methyl/N-ethyl adjacent to an activating group) is 2. The highest BCUT2D eigenvalue weighted by Gasteiger charge is 2.53. The molecule has 0 radical (unpaired) electrons. The quantitative estimate of drug-likeness (QED) is 0.703. The van der Waals surface area contributed by atoms with Crippen molar-refractivity contribution in [3.05, 3.63) is 64.7 Å². The predicted octanol–water partition coefficient (Wildman–Crippen LogP) is 3.61. The molecule has 4 rings (SSSR count). The van der Waals surface area contributed by atoms with E-state index in [0.717, 1.165) is 15.4 Å². The van der Waals surface area contributed by atoms with Crippen LogP contribution in [-0.2, 0) is 11.3 Å². The minimum atomic E-state index is -0.633. The summed E-state index contributed by atoms with van der Waals surface area (Å²) in [6, 6.07) is 14.6. The molecule has 8 heteroatoms. The van der Waals surface area contributed by atoms with E-state index in [2.05, 4.69) is 0 Å². The fraction of sp³-hybridized carbons (Fsp3) is 0.238. The number of hydrogen-bond acceptors (Lipinski definition) is 4. The number of amidine groups is 2. The van der Waals surface area contributed by atoms with Crippen LogP contribution in [0.4, 0.5) is 4.79 Å². The molecule has 0 spiro atoms. The van der Waals surface area contributed by atoms with E-state index in [4.69, 9.17) is 16.6 Å². The molecule has 2 aromatic rings. The van der Waals surface area contributed by atoms with Gasteiger partial charge in [-0.3, -0.25) is 14.6 Å². The highest BCUT2D eigenvalue weighted by Crippen LogP contribution is 2.28. The van der Waals surface area contributed by atoms with Crippen LogP contribution >= 0.6 is 23.4 Å². The molecule has 0 aromatic heterocycles. The van der Waals surface area contributed by atoms with Crippen molar-refractivity contribution in [3.63, 3.8) is 0 Å². The molecule has 148 valence electrons. The van der Waals surface area contributed by atoms with Crippen LogP contribution in [0, 0.1) is 6.92 Å². The molecule has 2 aromatic carbocycles. The first-order valence-corrected chi connectivity index (χ1v) is 10.3. The van der Waals surface area contributed by atoms with Crippen LogP contribution in [0.1, 0.15) is 11.1 Å². The van der Waals surface area contributed by atoms with Gasteiger partial charge >= 0.3 is 11.2 Å². The summed E-state index contributed by atoms with van der Waals surface area (Å²) in [7, 11) is 3.15. The first kappa shape index (κ1) is 19.7. The molecule has 1 fully saturated rings. The van der Waals surface area contributed by atoms with Crippen molar-refractivity contribution in [2.75, 3.05) is 14.1 Å². The Kier molecular flexibility index (Phi) is 5.19. The van der Waals surface area contributed by atoms with Crippen LogP contribution in [0.25, 0.3) is 0 Å². The Morgan fingerprint density at radius 3 is 2.34 bits per heavy atom. The Bertz CT molecular complexity index is 1050. The van der Waals surface area contributed by atoms with Crippen LogP contribution in [0.2, 0.25) is 5.02 Å². The molecule has 1 saturated heterocycles. The molecule has 0 N–H and O–H groups in total. The van der Waals surface area contributed by atoms with Crippen LogP contribution in [0.3, 0.4) is 0 Å². The second-order valence-electron chi connectivity index (χ2n) is 7.06. The lowest BCUT2D eigenvalue weighted by molar-refractivity contribution is -0.548. The number of fused-ring (bicyclic) bond motifs is 1. The zero-order chi connectivity index (χ0) is 20.7. The minimum Gasteiger partial charge on any atom is -0.269 e. The first-order valence-electron chi connectivity index (χ1n) is 9.11. The molecule has 0 bridgehead atoms. The highest BCUT2D eigenvalue weighted by atomic mass is 35.5. The molecule has 3 amide bonds. The van der Waals surface area contributed by atoms with Gasteiger partial charge in [-0.15, -0.1) is 0 Å². The summed E-state index contributed by atoms with van der Waals surface area (Å²) in [6.45, 7) is 2.51. The number of imide groups is 1. The maximum absolute atomic E-state index is 13.0. The van der Waals surface area contributed by atoms with E-state index in [0.29, 0.717) is 22.6 Å². The van der Waals surface area contributed by atoms with Crippen LogP contribution in [0.5, 0.6) is 0 Å². The van der Waals surface area contributed by atoms with Crippen LogP contribution < -0.4 is 0 Å². The van der Waals surface area contributed by atoms with Crippen molar-refractivity contribution in [2.24, 2.45) is 4.99 Å². The van der Waals surface area contributed by atoms with Crippen molar-refractivity contribution >= 4 is 46.3 Å². The van der Waals surface area contributed by atoms with E-state index in [-0.39, 0.29) is 11.9 Å². The number of halogens is 1. The monoisotopic (exact) mass is 427 g/mol. The van der Waals surface area contributed by atoms with E-state index in [1.807, 2.05) is 60.0 Å². The second kappa shape index (κ2) is 7.65. The van der Waals surface area contributed by atoms with Crippen molar-refractivity contribution in [2.45, 2.75) is 24.4 Å². The average Bonchev–Trinajstić information content (AvgIpc) is 3.06. The number of nitrogens with zero attached hydrogens (tertiary/aromatic N) is 4. The summed E-state index contributed by atoms with van der Waals surface area (Å²) in [4.78, 5) is 33.7. The predicted molar refractivity (Wildman–Crippen MR) is 115 cm³/mol. The van der Waals surface area contributed by atoms with Gasteiger partial charge in [0.15, 0.2) is 0 Å². The number of benzene rings is 2. The topological polar surface area (TPSA) is 56.0 Å². The molecule has 2 heterocycles.